The summed E-state index contributed by atoms with van der Waals surface area (Å²) in [5, 5.41) is 9.22. The summed E-state index contributed by atoms with van der Waals surface area (Å²) in [6, 6.07) is 6.45. The Kier molecular flexibility index (Phi) is 4.50. The fourth-order valence-electron chi connectivity index (χ4n) is 2.77. The lowest BCUT2D eigenvalue weighted by Crippen LogP contribution is -2.40. The van der Waals surface area contributed by atoms with Crippen LogP contribution in [0.1, 0.15) is 30.6 Å². The van der Waals surface area contributed by atoms with Crippen molar-refractivity contribution in [3.63, 3.8) is 0 Å². The van der Waals surface area contributed by atoms with Gasteiger partial charge in [-0.25, -0.2) is 9.59 Å². The molecular formula is C16H22N2O3. The second-order valence-corrected chi connectivity index (χ2v) is 5.90. The SMILES string of the molecule is CC(C)C1CCN(C(=O)N(C)c2ccccc2C(=O)O)C1. The summed E-state index contributed by atoms with van der Waals surface area (Å²) in [5.74, 6) is 0.0585. The van der Waals surface area contributed by atoms with Crippen LogP contribution in [0.15, 0.2) is 24.3 Å². The van der Waals surface area contributed by atoms with Gasteiger partial charge in [0.05, 0.1) is 11.3 Å². The van der Waals surface area contributed by atoms with Gasteiger partial charge in [-0.3, -0.25) is 4.90 Å². The van der Waals surface area contributed by atoms with Gasteiger partial charge < -0.3 is 10.0 Å². The molecule has 0 radical (unpaired) electrons. The first-order valence-electron chi connectivity index (χ1n) is 7.26. The summed E-state index contributed by atoms with van der Waals surface area (Å²) in [6.45, 7) is 5.82. The number of likely N-dealkylation sites (tertiary alicyclic amines) is 1. The third-order valence-corrected chi connectivity index (χ3v) is 4.22. The van der Waals surface area contributed by atoms with Crippen LogP contribution in [0.25, 0.3) is 0 Å². The number of carbonyl (C=O) groups is 2. The van der Waals surface area contributed by atoms with Gasteiger partial charge in [0.15, 0.2) is 0 Å². The minimum Gasteiger partial charge on any atom is -0.478 e. The molecule has 114 valence electrons. The summed E-state index contributed by atoms with van der Waals surface area (Å²) >= 11 is 0. The van der Waals surface area contributed by atoms with Crippen LogP contribution < -0.4 is 4.90 Å². The van der Waals surface area contributed by atoms with Crippen molar-refractivity contribution in [2.45, 2.75) is 20.3 Å². The maximum absolute atomic E-state index is 12.5. The molecule has 1 heterocycles. The first-order valence-corrected chi connectivity index (χ1v) is 7.26. The lowest BCUT2D eigenvalue weighted by atomic mass is 9.95. The summed E-state index contributed by atoms with van der Waals surface area (Å²) < 4.78 is 0. The van der Waals surface area contributed by atoms with E-state index >= 15 is 0 Å². The summed E-state index contributed by atoms with van der Waals surface area (Å²) in [4.78, 5) is 27.1. The monoisotopic (exact) mass is 290 g/mol. The molecule has 0 saturated carbocycles. The Morgan fingerprint density at radius 3 is 2.57 bits per heavy atom. The zero-order valence-corrected chi connectivity index (χ0v) is 12.7. The molecule has 2 amide bonds. The van der Waals surface area contributed by atoms with Crippen LogP contribution in [0.4, 0.5) is 10.5 Å². The molecule has 21 heavy (non-hydrogen) atoms. The first kappa shape index (κ1) is 15.4. The molecule has 1 fully saturated rings. The van der Waals surface area contributed by atoms with E-state index in [2.05, 4.69) is 13.8 Å². The molecule has 1 saturated heterocycles. The van der Waals surface area contributed by atoms with Crippen molar-refractivity contribution >= 4 is 17.7 Å². The topological polar surface area (TPSA) is 60.9 Å². The van der Waals surface area contributed by atoms with Gasteiger partial charge in [-0.05, 0) is 30.4 Å². The molecule has 1 aromatic carbocycles. The minimum absolute atomic E-state index is 0.133. The van der Waals surface area contributed by atoms with E-state index in [0.717, 1.165) is 19.5 Å². The Bertz CT molecular complexity index is 542. The molecule has 0 spiro atoms. The van der Waals surface area contributed by atoms with E-state index < -0.39 is 5.97 Å². The van der Waals surface area contributed by atoms with E-state index in [4.69, 9.17) is 0 Å². The zero-order chi connectivity index (χ0) is 15.6. The highest BCUT2D eigenvalue weighted by molar-refractivity contribution is 6.01. The lowest BCUT2D eigenvalue weighted by molar-refractivity contribution is 0.0697. The number of hydrogen-bond donors (Lipinski definition) is 1. The van der Waals surface area contributed by atoms with Gasteiger partial charge >= 0.3 is 12.0 Å². The molecule has 1 aliphatic heterocycles. The van der Waals surface area contributed by atoms with E-state index in [9.17, 15) is 14.7 Å². The van der Waals surface area contributed by atoms with Crippen molar-refractivity contribution in [3.05, 3.63) is 29.8 Å². The molecule has 5 nitrogen and oxygen atoms in total. The largest absolute Gasteiger partial charge is 0.478 e. The van der Waals surface area contributed by atoms with Crippen LogP contribution in [-0.4, -0.2) is 42.1 Å². The maximum atomic E-state index is 12.5. The highest BCUT2D eigenvalue weighted by atomic mass is 16.4. The van der Waals surface area contributed by atoms with E-state index in [1.54, 1.807) is 25.2 Å². The third-order valence-electron chi connectivity index (χ3n) is 4.22. The Balaban J connectivity index is 2.15. The fraction of sp³-hybridized carbons (Fsp3) is 0.500. The van der Waals surface area contributed by atoms with E-state index in [0.29, 0.717) is 17.5 Å². The number of urea groups is 1. The molecule has 2 rings (SSSR count). The standard InChI is InChI=1S/C16H22N2O3/c1-11(2)12-8-9-18(10-12)16(21)17(3)14-7-5-4-6-13(14)15(19)20/h4-7,11-12H,8-10H2,1-3H3,(H,19,20). The number of benzene rings is 1. The first-order chi connectivity index (χ1) is 9.91. The van der Waals surface area contributed by atoms with Gasteiger partial charge in [-0.1, -0.05) is 26.0 Å². The number of hydrogen-bond acceptors (Lipinski definition) is 2. The van der Waals surface area contributed by atoms with Crippen molar-refractivity contribution in [2.75, 3.05) is 25.0 Å². The number of anilines is 1. The smallest absolute Gasteiger partial charge is 0.337 e. The van der Waals surface area contributed by atoms with Gasteiger partial charge in [-0.15, -0.1) is 0 Å². The van der Waals surface area contributed by atoms with Crippen molar-refractivity contribution in [3.8, 4) is 0 Å². The average molecular weight is 290 g/mol. The summed E-state index contributed by atoms with van der Waals surface area (Å²) in [7, 11) is 1.63. The molecule has 1 aromatic rings. The summed E-state index contributed by atoms with van der Waals surface area (Å²) in [6.07, 6.45) is 1.01. The van der Waals surface area contributed by atoms with E-state index in [1.807, 2.05) is 4.90 Å². The molecule has 0 bridgehead atoms. The molecule has 0 aromatic heterocycles. The molecule has 0 aliphatic carbocycles. The highest BCUT2D eigenvalue weighted by Gasteiger charge is 2.30. The molecule has 1 unspecified atom stereocenters. The quantitative estimate of drug-likeness (QED) is 0.931. The van der Waals surface area contributed by atoms with Crippen LogP contribution in [-0.2, 0) is 0 Å². The van der Waals surface area contributed by atoms with Crippen molar-refractivity contribution in [2.24, 2.45) is 11.8 Å². The second kappa shape index (κ2) is 6.16. The van der Waals surface area contributed by atoms with Crippen LogP contribution >= 0.6 is 0 Å². The van der Waals surface area contributed by atoms with E-state index in [-0.39, 0.29) is 11.6 Å². The predicted molar refractivity (Wildman–Crippen MR) is 81.7 cm³/mol. The Hall–Kier alpha value is -2.04. The average Bonchev–Trinajstić information content (AvgIpc) is 2.95. The lowest BCUT2D eigenvalue weighted by Gasteiger charge is -2.26. The Morgan fingerprint density at radius 1 is 1.33 bits per heavy atom. The summed E-state index contributed by atoms with van der Waals surface area (Å²) in [5.41, 5.74) is 0.580. The molecule has 1 atom stereocenters. The number of carbonyl (C=O) groups excluding carboxylic acids is 1. The maximum Gasteiger partial charge on any atom is 0.337 e. The zero-order valence-electron chi connectivity index (χ0n) is 12.7. The van der Waals surface area contributed by atoms with Gasteiger partial charge in [0.2, 0.25) is 0 Å². The Morgan fingerprint density at radius 2 is 2.00 bits per heavy atom. The fourth-order valence-corrected chi connectivity index (χ4v) is 2.77. The van der Waals surface area contributed by atoms with Gasteiger partial charge in [0.1, 0.15) is 0 Å². The number of rotatable bonds is 3. The van der Waals surface area contributed by atoms with Gasteiger partial charge in [0.25, 0.3) is 0 Å². The molecular weight excluding hydrogens is 268 g/mol. The number of nitrogens with zero attached hydrogens (tertiary/aromatic N) is 2. The van der Waals surface area contributed by atoms with Crippen LogP contribution in [0, 0.1) is 11.8 Å². The van der Waals surface area contributed by atoms with Crippen LogP contribution in [0.2, 0.25) is 0 Å². The van der Waals surface area contributed by atoms with Crippen LogP contribution in [0.3, 0.4) is 0 Å². The van der Waals surface area contributed by atoms with Crippen molar-refractivity contribution in [1.82, 2.24) is 4.90 Å². The molecule has 1 N–H and O–H groups in total. The minimum atomic E-state index is -1.02. The van der Waals surface area contributed by atoms with Crippen molar-refractivity contribution in [1.29, 1.82) is 0 Å². The second-order valence-electron chi connectivity index (χ2n) is 5.90. The van der Waals surface area contributed by atoms with E-state index in [1.165, 1.54) is 11.0 Å². The normalized spacial score (nSPS) is 18.1. The third kappa shape index (κ3) is 3.17. The molecule has 5 heteroatoms. The number of amides is 2. The number of carboxylic acid groups (broad SMARTS) is 1. The predicted octanol–water partition coefficient (Wildman–Crippen LogP) is 2.92. The number of aromatic carboxylic acids is 1. The Labute approximate surface area is 125 Å². The highest BCUT2D eigenvalue weighted by Crippen LogP contribution is 2.26. The number of para-hydroxylation sites is 1. The number of carboxylic acids is 1. The van der Waals surface area contributed by atoms with Gasteiger partial charge in [-0.2, -0.15) is 0 Å². The van der Waals surface area contributed by atoms with Gasteiger partial charge in [0, 0.05) is 20.1 Å². The van der Waals surface area contributed by atoms with Crippen molar-refractivity contribution < 1.29 is 14.7 Å². The van der Waals surface area contributed by atoms with Crippen LogP contribution in [0.5, 0.6) is 0 Å². The molecule has 1 aliphatic rings.